The van der Waals surface area contributed by atoms with E-state index < -0.39 is 5.82 Å². The fraction of sp³-hybridized carbons (Fsp3) is 0.500. The normalized spacial score (nSPS) is 10.8. The number of rotatable bonds is 7. The first-order valence-corrected chi connectivity index (χ1v) is 5.65. The Bertz CT molecular complexity index is 354. The molecule has 1 rings (SSSR count). The number of halogens is 1. The van der Waals surface area contributed by atoms with Crippen molar-refractivity contribution in [3.8, 4) is 0 Å². The van der Waals surface area contributed by atoms with Crippen LogP contribution in [0.4, 0.5) is 4.39 Å². The van der Waals surface area contributed by atoms with Crippen LogP contribution < -0.4 is 0 Å². The van der Waals surface area contributed by atoms with E-state index in [9.17, 15) is 9.18 Å². The molecule has 0 aliphatic rings. The lowest BCUT2D eigenvalue weighted by Gasteiger charge is -2.18. The van der Waals surface area contributed by atoms with E-state index in [0.717, 1.165) is 12.7 Å². The quantitative estimate of drug-likeness (QED) is 0.725. The SMILES string of the molecule is CCN(CCO)CCC(=O)c1ccc(F)cn1. The van der Waals surface area contributed by atoms with Gasteiger partial charge in [-0.15, -0.1) is 0 Å². The van der Waals surface area contributed by atoms with Crippen molar-refractivity contribution in [1.82, 2.24) is 9.88 Å². The van der Waals surface area contributed by atoms with Gasteiger partial charge in [-0.25, -0.2) is 4.39 Å². The van der Waals surface area contributed by atoms with Gasteiger partial charge in [0.2, 0.25) is 0 Å². The van der Waals surface area contributed by atoms with Crippen LogP contribution in [0.25, 0.3) is 0 Å². The summed E-state index contributed by atoms with van der Waals surface area (Å²) in [4.78, 5) is 17.4. The predicted octanol–water partition coefficient (Wildman–Crippen LogP) is 1.11. The maximum Gasteiger partial charge on any atom is 0.182 e. The van der Waals surface area contributed by atoms with Gasteiger partial charge in [0, 0.05) is 19.5 Å². The van der Waals surface area contributed by atoms with E-state index in [1.54, 1.807) is 0 Å². The molecule has 0 aliphatic carbocycles. The van der Waals surface area contributed by atoms with Crippen molar-refractivity contribution < 1.29 is 14.3 Å². The number of aliphatic hydroxyl groups excluding tert-OH is 1. The number of ketones is 1. The minimum absolute atomic E-state index is 0.0802. The molecule has 1 aromatic heterocycles. The van der Waals surface area contributed by atoms with Crippen LogP contribution in [-0.4, -0.2) is 47.0 Å². The second-order valence-corrected chi connectivity index (χ2v) is 3.69. The van der Waals surface area contributed by atoms with Crippen molar-refractivity contribution in [2.45, 2.75) is 13.3 Å². The second kappa shape index (κ2) is 7.09. The Balaban J connectivity index is 2.46. The average molecular weight is 240 g/mol. The average Bonchev–Trinajstić information content (AvgIpc) is 2.35. The molecule has 94 valence electrons. The van der Waals surface area contributed by atoms with Gasteiger partial charge in [0.05, 0.1) is 12.8 Å². The number of carbonyl (C=O) groups excluding carboxylic acids is 1. The van der Waals surface area contributed by atoms with Crippen LogP contribution >= 0.6 is 0 Å². The van der Waals surface area contributed by atoms with E-state index in [1.165, 1.54) is 12.1 Å². The Hall–Kier alpha value is -1.33. The monoisotopic (exact) mass is 240 g/mol. The molecule has 0 spiro atoms. The molecule has 0 saturated heterocycles. The molecule has 1 heterocycles. The van der Waals surface area contributed by atoms with E-state index in [2.05, 4.69) is 4.98 Å². The Morgan fingerprint density at radius 3 is 2.76 bits per heavy atom. The highest BCUT2D eigenvalue weighted by Crippen LogP contribution is 2.03. The molecule has 0 radical (unpaired) electrons. The maximum atomic E-state index is 12.6. The summed E-state index contributed by atoms with van der Waals surface area (Å²) in [5.74, 6) is -0.557. The molecule has 0 aliphatic heterocycles. The fourth-order valence-corrected chi connectivity index (χ4v) is 1.50. The van der Waals surface area contributed by atoms with Gasteiger partial charge in [0.15, 0.2) is 5.78 Å². The molecule has 1 N–H and O–H groups in total. The lowest BCUT2D eigenvalue weighted by atomic mass is 10.2. The van der Waals surface area contributed by atoms with Gasteiger partial charge in [0.1, 0.15) is 11.5 Å². The number of aliphatic hydroxyl groups is 1. The Kier molecular flexibility index (Phi) is 5.72. The van der Waals surface area contributed by atoms with Crippen LogP contribution in [0.15, 0.2) is 18.3 Å². The highest BCUT2D eigenvalue weighted by Gasteiger charge is 2.09. The first kappa shape index (κ1) is 13.7. The molecule has 0 aromatic carbocycles. The lowest BCUT2D eigenvalue weighted by molar-refractivity contribution is 0.0954. The molecule has 0 unspecified atom stereocenters. The highest BCUT2D eigenvalue weighted by molar-refractivity contribution is 5.94. The van der Waals surface area contributed by atoms with Crippen LogP contribution in [0, 0.1) is 5.82 Å². The smallest absolute Gasteiger partial charge is 0.182 e. The van der Waals surface area contributed by atoms with Gasteiger partial charge in [-0.3, -0.25) is 9.78 Å². The number of nitrogens with zero attached hydrogens (tertiary/aromatic N) is 2. The van der Waals surface area contributed by atoms with Gasteiger partial charge in [-0.05, 0) is 18.7 Å². The van der Waals surface area contributed by atoms with Crippen molar-refractivity contribution in [2.24, 2.45) is 0 Å². The van der Waals surface area contributed by atoms with Gasteiger partial charge < -0.3 is 10.0 Å². The molecule has 0 atom stereocenters. The molecule has 0 fully saturated rings. The van der Waals surface area contributed by atoms with Crippen LogP contribution in [0.2, 0.25) is 0 Å². The van der Waals surface area contributed by atoms with Gasteiger partial charge >= 0.3 is 0 Å². The summed E-state index contributed by atoms with van der Waals surface area (Å²) in [6.45, 7) is 3.97. The van der Waals surface area contributed by atoms with E-state index in [-0.39, 0.29) is 18.1 Å². The number of pyridine rings is 1. The summed E-state index contributed by atoms with van der Waals surface area (Å²) < 4.78 is 12.6. The third-order valence-corrected chi connectivity index (χ3v) is 2.53. The summed E-state index contributed by atoms with van der Waals surface area (Å²) in [7, 11) is 0. The minimum atomic E-state index is -0.447. The Morgan fingerprint density at radius 1 is 1.47 bits per heavy atom. The molecular formula is C12H17FN2O2. The molecule has 0 bridgehead atoms. The number of Topliss-reactive ketones (excluding diaryl/α,β-unsaturated/α-hetero) is 1. The maximum absolute atomic E-state index is 12.6. The summed E-state index contributed by atoms with van der Waals surface area (Å²) in [6.07, 6.45) is 1.37. The first-order valence-electron chi connectivity index (χ1n) is 5.65. The van der Waals surface area contributed by atoms with Gasteiger partial charge in [-0.1, -0.05) is 6.92 Å². The largest absolute Gasteiger partial charge is 0.395 e. The van der Waals surface area contributed by atoms with Crippen molar-refractivity contribution in [2.75, 3.05) is 26.2 Å². The molecule has 5 heteroatoms. The van der Waals surface area contributed by atoms with E-state index in [0.29, 0.717) is 19.5 Å². The standard InChI is InChI=1S/C12H17FN2O2/c1-2-15(7-8-16)6-5-12(17)11-4-3-10(13)9-14-11/h3-4,9,16H,2,5-8H2,1H3. The molecule has 0 amide bonds. The third kappa shape index (κ3) is 4.58. The Labute approximate surface area is 100 Å². The summed E-state index contributed by atoms with van der Waals surface area (Å²) in [5.41, 5.74) is 0.284. The highest BCUT2D eigenvalue weighted by atomic mass is 19.1. The molecule has 1 aromatic rings. The zero-order chi connectivity index (χ0) is 12.7. The van der Waals surface area contributed by atoms with E-state index >= 15 is 0 Å². The van der Waals surface area contributed by atoms with Crippen molar-refractivity contribution in [1.29, 1.82) is 0 Å². The van der Waals surface area contributed by atoms with Crippen molar-refractivity contribution >= 4 is 5.78 Å². The molecule has 4 nitrogen and oxygen atoms in total. The van der Waals surface area contributed by atoms with Crippen molar-refractivity contribution in [3.63, 3.8) is 0 Å². The van der Waals surface area contributed by atoms with E-state index in [1.807, 2.05) is 11.8 Å². The summed E-state index contributed by atoms with van der Waals surface area (Å²) >= 11 is 0. The molecular weight excluding hydrogens is 223 g/mol. The fourth-order valence-electron chi connectivity index (χ4n) is 1.50. The topological polar surface area (TPSA) is 53.4 Å². The lowest BCUT2D eigenvalue weighted by Crippen LogP contribution is -2.29. The summed E-state index contributed by atoms with van der Waals surface area (Å²) in [6, 6.07) is 2.62. The van der Waals surface area contributed by atoms with Gasteiger partial charge in [-0.2, -0.15) is 0 Å². The molecule has 0 saturated carbocycles. The zero-order valence-corrected chi connectivity index (χ0v) is 9.90. The summed E-state index contributed by atoms with van der Waals surface area (Å²) in [5, 5.41) is 8.80. The van der Waals surface area contributed by atoms with E-state index in [4.69, 9.17) is 5.11 Å². The third-order valence-electron chi connectivity index (χ3n) is 2.53. The van der Waals surface area contributed by atoms with Crippen LogP contribution in [0.3, 0.4) is 0 Å². The Morgan fingerprint density at radius 2 is 2.24 bits per heavy atom. The first-order chi connectivity index (χ1) is 8.17. The van der Waals surface area contributed by atoms with Crippen LogP contribution in [0.5, 0.6) is 0 Å². The van der Waals surface area contributed by atoms with Crippen LogP contribution in [-0.2, 0) is 0 Å². The number of likely N-dealkylation sites (N-methyl/N-ethyl adjacent to an activating group) is 1. The van der Waals surface area contributed by atoms with Crippen molar-refractivity contribution in [3.05, 3.63) is 29.8 Å². The number of carbonyl (C=O) groups is 1. The second-order valence-electron chi connectivity index (χ2n) is 3.69. The van der Waals surface area contributed by atoms with Crippen LogP contribution in [0.1, 0.15) is 23.8 Å². The number of hydrogen-bond acceptors (Lipinski definition) is 4. The number of hydrogen-bond donors (Lipinski definition) is 1. The zero-order valence-electron chi connectivity index (χ0n) is 9.90. The molecule has 17 heavy (non-hydrogen) atoms. The van der Waals surface area contributed by atoms with Gasteiger partial charge in [0.25, 0.3) is 0 Å². The number of aromatic nitrogens is 1. The minimum Gasteiger partial charge on any atom is -0.395 e. The predicted molar refractivity (Wildman–Crippen MR) is 62.3 cm³/mol.